The Bertz CT molecular complexity index is 774. The summed E-state index contributed by atoms with van der Waals surface area (Å²) in [7, 11) is 0. The molecule has 1 unspecified atom stereocenters. The van der Waals surface area contributed by atoms with Gasteiger partial charge in [0.15, 0.2) is 0 Å². The van der Waals surface area contributed by atoms with Gasteiger partial charge in [-0.2, -0.15) is 0 Å². The van der Waals surface area contributed by atoms with Gasteiger partial charge in [-0.25, -0.2) is 9.78 Å². The predicted molar refractivity (Wildman–Crippen MR) is 113 cm³/mol. The minimum Gasteiger partial charge on any atom is -0.477 e. The van der Waals surface area contributed by atoms with Crippen molar-refractivity contribution < 1.29 is 29.6 Å². The molecular weight excluding hydrogens is 402 g/mol. The Morgan fingerprint density at radius 1 is 1.26 bits per heavy atom. The van der Waals surface area contributed by atoms with Gasteiger partial charge in [0, 0.05) is 37.8 Å². The molecule has 4 N–H and O–H groups in total. The molecule has 0 spiro atoms. The molecule has 2 heterocycles. The Balaban J connectivity index is 1.43. The first-order valence-corrected chi connectivity index (χ1v) is 10.8. The zero-order valence-corrected chi connectivity index (χ0v) is 17.6. The molecule has 0 bridgehead atoms. The number of rotatable bonds is 8. The molecule has 2 aliphatic rings. The molecule has 31 heavy (non-hydrogen) atoms. The quantitative estimate of drug-likeness (QED) is 0.488. The van der Waals surface area contributed by atoms with E-state index in [4.69, 9.17) is 14.9 Å². The Kier molecular flexibility index (Phi) is 8.25. The van der Waals surface area contributed by atoms with Gasteiger partial charge in [0.1, 0.15) is 0 Å². The topological polar surface area (TPSA) is 132 Å². The van der Waals surface area contributed by atoms with Crippen molar-refractivity contribution in [2.45, 2.75) is 38.2 Å². The van der Waals surface area contributed by atoms with E-state index >= 15 is 0 Å². The lowest BCUT2D eigenvalue weighted by Gasteiger charge is -2.29. The van der Waals surface area contributed by atoms with Crippen molar-refractivity contribution in [1.82, 2.24) is 15.2 Å². The second-order valence-electron chi connectivity index (χ2n) is 8.19. The van der Waals surface area contributed by atoms with Gasteiger partial charge in [0.2, 0.25) is 11.8 Å². The van der Waals surface area contributed by atoms with Gasteiger partial charge >= 0.3 is 6.09 Å². The van der Waals surface area contributed by atoms with E-state index in [2.05, 4.69) is 16.4 Å². The summed E-state index contributed by atoms with van der Waals surface area (Å²) in [4.78, 5) is 29.0. The summed E-state index contributed by atoms with van der Waals surface area (Å²) < 4.78 is 5.80. The highest BCUT2D eigenvalue weighted by molar-refractivity contribution is 5.80. The number of hydrogen-bond donors (Lipinski definition) is 4. The molecule has 9 heteroatoms. The van der Waals surface area contributed by atoms with Crippen molar-refractivity contribution in [3.05, 3.63) is 30.0 Å². The number of ether oxygens (including phenoxy) is 1. The van der Waals surface area contributed by atoms with Crippen LogP contribution in [0.1, 0.15) is 37.7 Å². The number of aromatic nitrogens is 1. The Morgan fingerprint density at radius 3 is 2.61 bits per heavy atom. The van der Waals surface area contributed by atoms with Crippen molar-refractivity contribution >= 4 is 17.6 Å². The fourth-order valence-corrected chi connectivity index (χ4v) is 3.91. The number of allylic oxidation sites excluding steroid dienone is 2. The average Bonchev–Trinajstić information content (AvgIpc) is 2.81. The van der Waals surface area contributed by atoms with E-state index in [1.807, 2.05) is 12.1 Å². The second-order valence-corrected chi connectivity index (χ2v) is 8.19. The smallest absolute Gasteiger partial charge is 0.407 e. The Labute approximate surface area is 181 Å². The van der Waals surface area contributed by atoms with Crippen LogP contribution in [0.15, 0.2) is 24.4 Å². The summed E-state index contributed by atoms with van der Waals surface area (Å²) in [5.41, 5.74) is 2.16. The van der Waals surface area contributed by atoms with Crippen LogP contribution < -0.4 is 10.1 Å². The number of carbonyl (C=O) groups excluding carboxylic acids is 1. The first-order chi connectivity index (χ1) is 15.0. The molecule has 1 aromatic heterocycles. The normalized spacial score (nSPS) is 20.6. The highest BCUT2D eigenvalue weighted by Gasteiger charge is 2.24. The number of pyridine rings is 1. The first kappa shape index (κ1) is 23.0. The van der Waals surface area contributed by atoms with Crippen LogP contribution in [0.25, 0.3) is 5.57 Å². The maximum Gasteiger partial charge on any atom is 0.407 e. The maximum absolute atomic E-state index is 12.2. The number of amides is 2. The molecule has 9 nitrogen and oxygen atoms in total. The molecule has 1 fully saturated rings. The second kappa shape index (κ2) is 11.1. The van der Waals surface area contributed by atoms with Gasteiger partial charge in [-0.1, -0.05) is 6.08 Å². The summed E-state index contributed by atoms with van der Waals surface area (Å²) in [5.74, 6) is 0.664. The zero-order chi connectivity index (χ0) is 22.2. The monoisotopic (exact) mass is 433 g/mol. The number of carboxylic acid groups (broad SMARTS) is 1. The molecule has 170 valence electrons. The molecule has 2 atom stereocenters. The van der Waals surface area contributed by atoms with E-state index in [1.54, 1.807) is 6.20 Å². The van der Waals surface area contributed by atoms with E-state index in [1.165, 1.54) is 4.90 Å². The van der Waals surface area contributed by atoms with E-state index in [0.717, 1.165) is 36.8 Å². The van der Waals surface area contributed by atoms with Crippen LogP contribution in [-0.4, -0.2) is 76.2 Å². The molecule has 1 aliphatic heterocycles. The summed E-state index contributed by atoms with van der Waals surface area (Å²) in [5, 5.41) is 29.8. The highest BCUT2D eigenvalue weighted by atomic mass is 16.5. The maximum atomic E-state index is 12.2. The third-order valence-electron chi connectivity index (χ3n) is 5.96. The number of nitrogens with one attached hydrogen (secondary N) is 1. The number of aliphatic hydroxyl groups excluding tert-OH is 2. The molecule has 2 amide bonds. The van der Waals surface area contributed by atoms with Gasteiger partial charge in [-0.3, -0.25) is 4.79 Å². The largest absolute Gasteiger partial charge is 0.477 e. The average molecular weight is 434 g/mol. The fourth-order valence-electron chi connectivity index (χ4n) is 3.91. The third kappa shape index (κ3) is 6.67. The lowest BCUT2D eigenvalue weighted by atomic mass is 9.86. The van der Waals surface area contributed by atoms with Gasteiger partial charge in [-0.05, 0) is 55.2 Å². The lowest BCUT2D eigenvalue weighted by molar-refractivity contribution is -0.125. The SMILES string of the molecule is O=C(NC[C@H](O)CO)C1CC=C(c2ccc(OCC3CCN(C(=O)O)CC3)nc2)CC1. The summed E-state index contributed by atoms with van der Waals surface area (Å²) >= 11 is 0. The molecule has 0 aromatic carbocycles. The highest BCUT2D eigenvalue weighted by Crippen LogP contribution is 2.30. The molecule has 0 saturated carbocycles. The minimum atomic E-state index is -0.928. The molecule has 1 aliphatic carbocycles. The van der Waals surface area contributed by atoms with Crippen molar-refractivity contribution in [1.29, 1.82) is 0 Å². The number of piperidine rings is 1. The van der Waals surface area contributed by atoms with Crippen molar-refractivity contribution in [3.8, 4) is 5.88 Å². The predicted octanol–water partition coefficient (Wildman–Crippen LogP) is 1.50. The van der Waals surface area contributed by atoms with Crippen LogP contribution in [0.3, 0.4) is 0 Å². The van der Waals surface area contributed by atoms with Crippen molar-refractivity contribution in [3.63, 3.8) is 0 Å². The van der Waals surface area contributed by atoms with E-state index in [9.17, 15) is 14.7 Å². The van der Waals surface area contributed by atoms with Crippen molar-refractivity contribution in [2.75, 3.05) is 32.8 Å². The van der Waals surface area contributed by atoms with Crippen molar-refractivity contribution in [2.24, 2.45) is 11.8 Å². The standard InChI is InChI=1S/C22H31N3O6/c26-13-19(27)12-24-21(28)17-3-1-16(2-4-17)18-5-6-20(23-11-18)31-14-15-7-9-25(10-8-15)22(29)30/h1,5-6,11,15,17,19,26-27H,2-4,7-10,12-14H2,(H,24,28)(H,29,30)/t17?,19-/m0/s1. The van der Waals surface area contributed by atoms with Crippen LogP contribution in [0, 0.1) is 11.8 Å². The number of aliphatic hydroxyl groups is 2. The van der Waals surface area contributed by atoms with Gasteiger partial charge < -0.3 is 30.3 Å². The van der Waals surface area contributed by atoms with Gasteiger partial charge in [0.05, 0.1) is 19.3 Å². The van der Waals surface area contributed by atoms with Crippen LogP contribution in [0.4, 0.5) is 4.79 Å². The molecule has 3 rings (SSSR count). The number of carbonyl (C=O) groups is 2. The fraction of sp³-hybridized carbons (Fsp3) is 0.591. The molecule has 1 saturated heterocycles. The Hall–Kier alpha value is -2.65. The van der Waals surface area contributed by atoms with Gasteiger partial charge in [-0.15, -0.1) is 0 Å². The van der Waals surface area contributed by atoms with E-state index < -0.39 is 12.2 Å². The summed E-state index contributed by atoms with van der Waals surface area (Å²) in [6.45, 7) is 1.32. The zero-order valence-electron chi connectivity index (χ0n) is 17.6. The summed E-state index contributed by atoms with van der Waals surface area (Å²) in [6, 6.07) is 3.82. The molecule has 1 aromatic rings. The number of hydrogen-bond acceptors (Lipinski definition) is 6. The number of likely N-dealkylation sites (tertiary alicyclic amines) is 1. The third-order valence-corrected chi connectivity index (χ3v) is 5.96. The van der Waals surface area contributed by atoms with E-state index in [0.29, 0.717) is 37.9 Å². The van der Waals surface area contributed by atoms with Crippen LogP contribution in [-0.2, 0) is 4.79 Å². The first-order valence-electron chi connectivity index (χ1n) is 10.8. The molecular formula is C22H31N3O6. The lowest BCUT2D eigenvalue weighted by Crippen LogP contribution is -2.38. The molecule has 0 radical (unpaired) electrons. The van der Waals surface area contributed by atoms with Crippen LogP contribution >= 0.6 is 0 Å². The van der Waals surface area contributed by atoms with Crippen LogP contribution in [0.2, 0.25) is 0 Å². The van der Waals surface area contributed by atoms with Gasteiger partial charge in [0.25, 0.3) is 0 Å². The number of nitrogens with zero attached hydrogens (tertiary/aromatic N) is 2. The minimum absolute atomic E-state index is 0.0620. The van der Waals surface area contributed by atoms with E-state index in [-0.39, 0.29) is 25.0 Å². The Morgan fingerprint density at radius 2 is 2.03 bits per heavy atom. The van der Waals surface area contributed by atoms with Crippen LogP contribution in [0.5, 0.6) is 5.88 Å². The summed E-state index contributed by atoms with van der Waals surface area (Å²) in [6.07, 6.45) is 5.77.